The minimum absolute atomic E-state index is 0.135. The highest BCUT2D eigenvalue weighted by Gasteiger charge is 2.49. The summed E-state index contributed by atoms with van der Waals surface area (Å²) in [5.41, 5.74) is 1.27. The second kappa shape index (κ2) is 6.19. The van der Waals surface area contributed by atoms with Crippen LogP contribution in [-0.2, 0) is 16.9 Å². The van der Waals surface area contributed by atoms with Crippen molar-refractivity contribution in [2.24, 2.45) is 0 Å². The van der Waals surface area contributed by atoms with Crippen LogP contribution in [-0.4, -0.2) is 30.7 Å². The molecule has 2 aliphatic heterocycles. The van der Waals surface area contributed by atoms with Gasteiger partial charge in [-0.1, -0.05) is 23.8 Å². The molecule has 0 bridgehead atoms. The molecule has 0 spiro atoms. The Morgan fingerprint density at radius 3 is 2.70 bits per heavy atom. The van der Waals surface area contributed by atoms with Gasteiger partial charge in [0.05, 0.1) is 13.7 Å². The van der Waals surface area contributed by atoms with Gasteiger partial charge in [0, 0.05) is 5.56 Å². The van der Waals surface area contributed by atoms with Crippen molar-refractivity contribution < 1.29 is 23.8 Å². The topological polar surface area (TPSA) is 77.1 Å². The number of ether oxygens (including phenoxy) is 3. The Balaban J connectivity index is 1.65. The van der Waals surface area contributed by atoms with Crippen LogP contribution in [0.15, 0.2) is 36.4 Å². The van der Waals surface area contributed by atoms with Gasteiger partial charge in [0.25, 0.3) is 5.91 Å². The summed E-state index contributed by atoms with van der Waals surface area (Å²) in [6.45, 7) is 3.93. The number of rotatable bonds is 4. The van der Waals surface area contributed by atoms with Crippen molar-refractivity contribution in [3.05, 3.63) is 53.1 Å². The summed E-state index contributed by atoms with van der Waals surface area (Å²) in [4.78, 5) is 27.0. The summed E-state index contributed by atoms with van der Waals surface area (Å²) in [6, 6.07) is 10.5. The van der Waals surface area contributed by atoms with Crippen molar-refractivity contribution in [3.8, 4) is 17.2 Å². The minimum atomic E-state index is -1.17. The number of amides is 3. The first-order chi connectivity index (χ1) is 12.9. The van der Waals surface area contributed by atoms with Crippen molar-refractivity contribution in [1.29, 1.82) is 0 Å². The van der Waals surface area contributed by atoms with E-state index in [1.165, 1.54) is 4.90 Å². The van der Waals surface area contributed by atoms with E-state index in [0.717, 1.165) is 11.1 Å². The van der Waals surface area contributed by atoms with E-state index in [4.69, 9.17) is 14.2 Å². The maximum absolute atomic E-state index is 13.2. The van der Waals surface area contributed by atoms with Crippen LogP contribution in [0.4, 0.5) is 4.79 Å². The third kappa shape index (κ3) is 2.75. The van der Waals surface area contributed by atoms with Gasteiger partial charge in [0.2, 0.25) is 6.79 Å². The highest BCUT2D eigenvalue weighted by Crippen LogP contribution is 2.38. The van der Waals surface area contributed by atoms with E-state index < -0.39 is 11.6 Å². The average molecular weight is 368 g/mol. The van der Waals surface area contributed by atoms with Gasteiger partial charge in [0.15, 0.2) is 11.5 Å². The summed E-state index contributed by atoms with van der Waals surface area (Å²) in [5, 5.41) is 2.81. The van der Waals surface area contributed by atoms with E-state index in [1.807, 2.05) is 25.1 Å². The number of carbonyl (C=O) groups excluding carboxylic acids is 2. The molecule has 140 valence electrons. The van der Waals surface area contributed by atoms with Crippen LogP contribution in [0.5, 0.6) is 17.2 Å². The average Bonchev–Trinajstić information content (AvgIpc) is 3.20. The Morgan fingerprint density at radius 2 is 1.93 bits per heavy atom. The molecular weight excluding hydrogens is 348 g/mol. The third-order valence-electron chi connectivity index (χ3n) is 4.99. The molecule has 2 aliphatic rings. The maximum Gasteiger partial charge on any atom is 0.325 e. The number of benzene rings is 2. The molecule has 2 aromatic carbocycles. The lowest BCUT2D eigenvalue weighted by Crippen LogP contribution is -2.40. The van der Waals surface area contributed by atoms with Gasteiger partial charge in [0.1, 0.15) is 11.3 Å². The van der Waals surface area contributed by atoms with Crippen LogP contribution >= 0.6 is 0 Å². The van der Waals surface area contributed by atoms with E-state index >= 15 is 0 Å². The van der Waals surface area contributed by atoms with Crippen molar-refractivity contribution in [1.82, 2.24) is 10.2 Å². The second-order valence-corrected chi connectivity index (χ2v) is 6.83. The zero-order chi connectivity index (χ0) is 19.2. The van der Waals surface area contributed by atoms with E-state index in [9.17, 15) is 9.59 Å². The van der Waals surface area contributed by atoms with Gasteiger partial charge in [-0.25, -0.2) is 4.79 Å². The van der Waals surface area contributed by atoms with Gasteiger partial charge in [-0.05, 0) is 37.6 Å². The van der Waals surface area contributed by atoms with Crippen molar-refractivity contribution in [2.45, 2.75) is 25.9 Å². The molecule has 0 radical (unpaired) electrons. The summed E-state index contributed by atoms with van der Waals surface area (Å²) in [7, 11) is 1.57. The Bertz CT molecular complexity index is 942. The van der Waals surface area contributed by atoms with Crippen LogP contribution in [0.2, 0.25) is 0 Å². The number of carbonyl (C=O) groups is 2. The fourth-order valence-electron chi connectivity index (χ4n) is 3.45. The Morgan fingerprint density at radius 1 is 1.15 bits per heavy atom. The van der Waals surface area contributed by atoms with Crippen LogP contribution < -0.4 is 19.5 Å². The zero-order valence-electron chi connectivity index (χ0n) is 15.4. The SMILES string of the molecule is COc1ccc(C)cc1CN1C(=O)N[C@](C)(c2ccc3c(c2)OCO3)C1=O. The molecular formula is C20H20N2O5. The molecule has 27 heavy (non-hydrogen) atoms. The van der Waals surface area contributed by atoms with Crippen molar-refractivity contribution >= 4 is 11.9 Å². The van der Waals surface area contributed by atoms with Crippen LogP contribution in [0.3, 0.4) is 0 Å². The summed E-state index contributed by atoms with van der Waals surface area (Å²) < 4.78 is 16.1. The largest absolute Gasteiger partial charge is 0.496 e. The molecule has 0 saturated carbocycles. The molecule has 7 nitrogen and oxygen atoms in total. The molecule has 1 saturated heterocycles. The standard InChI is InChI=1S/C20H20N2O5/c1-12-4-6-15(25-3)13(8-12)10-22-18(23)20(2,21-19(22)24)14-5-7-16-17(9-14)27-11-26-16/h4-9H,10-11H2,1-3H3,(H,21,24)/t20-/m1/s1. The summed E-state index contributed by atoms with van der Waals surface area (Å²) in [6.07, 6.45) is 0. The predicted octanol–water partition coefficient (Wildman–Crippen LogP) is 2.70. The Hall–Kier alpha value is -3.22. The van der Waals surface area contributed by atoms with Crippen LogP contribution in [0.25, 0.3) is 0 Å². The van der Waals surface area contributed by atoms with E-state index in [-0.39, 0.29) is 19.2 Å². The molecule has 0 aromatic heterocycles. The first-order valence-corrected chi connectivity index (χ1v) is 8.60. The van der Waals surface area contributed by atoms with Crippen molar-refractivity contribution in [2.75, 3.05) is 13.9 Å². The van der Waals surface area contributed by atoms with Crippen LogP contribution in [0, 0.1) is 6.92 Å². The number of nitrogens with zero attached hydrogens (tertiary/aromatic N) is 1. The minimum Gasteiger partial charge on any atom is -0.496 e. The Kier molecular flexibility index (Phi) is 3.95. The smallest absolute Gasteiger partial charge is 0.325 e. The fraction of sp³-hybridized carbons (Fsp3) is 0.300. The quantitative estimate of drug-likeness (QED) is 0.840. The molecule has 0 unspecified atom stereocenters. The van der Waals surface area contributed by atoms with Crippen molar-refractivity contribution in [3.63, 3.8) is 0 Å². The fourth-order valence-corrected chi connectivity index (χ4v) is 3.45. The number of hydrogen-bond acceptors (Lipinski definition) is 5. The van der Waals surface area contributed by atoms with Gasteiger partial charge in [-0.15, -0.1) is 0 Å². The molecule has 4 rings (SSSR count). The van der Waals surface area contributed by atoms with Gasteiger partial charge in [-0.3, -0.25) is 9.69 Å². The molecule has 2 heterocycles. The van der Waals surface area contributed by atoms with Gasteiger partial charge < -0.3 is 19.5 Å². The van der Waals surface area contributed by atoms with Crippen LogP contribution in [0.1, 0.15) is 23.6 Å². The first-order valence-electron chi connectivity index (χ1n) is 8.60. The third-order valence-corrected chi connectivity index (χ3v) is 4.99. The lowest BCUT2D eigenvalue weighted by atomic mass is 9.91. The van der Waals surface area contributed by atoms with E-state index in [0.29, 0.717) is 22.8 Å². The van der Waals surface area contributed by atoms with Gasteiger partial charge in [-0.2, -0.15) is 0 Å². The number of aryl methyl sites for hydroxylation is 1. The van der Waals surface area contributed by atoms with E-state index in [1.54, 1.807) is 32.2 Å². The lowest BCUT2D eigenvalue weighted by Gasteiger charge is -2.23. The molecule has 0 aliphatic carbocycles. The maximum atomic E-state index is 13.2. The molecule has 7 heteroatoms. The number of fused-ring (bicyclic) bond motifs is 1. The molecule has 1 atom stereocenters. The number of hydrogen-bond donors (Lipinski definition) is 1. The summed E-state index contributed by atoms with van der Waals surface area (Å²) >= 11 is 0. The number of methoxy groups -OCH3 is 1. The highest BCUT2D eigenvalue weighted by atomic mass is 16.7. The zero-order valence-corrected chi connectivity index (χ0v) is 15.4. The first kappa shape index (κ1) is 17.2. The predicted molar refractivity (Wildman–Crippen MR) is 96.7 cm³/mol. The molecule has 3 amide bonds. The van der Waals surface area contributed by atoms with E-state index in [2.05, 4.69) is 5.32 Å². The molecule has 1 fully saturated rings. The monoisotopic (exact) mass is 368 g/mol. The Labute approximate surface area is 156 Å². The molecule has 1 N–H and O–H groups in total. The number of imide groups is 1. The lowest BCUT2D eigenvalue weighted by molar-refractivity contribution is -0.131. The number of urea groups is 1. The normalized spacial score (nSPS) is 20.8. The summed E-state index contributed by atoms with van der Waals surface area (Å²) in [5.74, 6) is 1.50. The number of nitrogens with one attached hydrogen (secondary N) is 1. The molecule has 2 aromatic rings. The highest BCUT2D eigenvalue weighted by molar-refractivity contribution is 6.07. The van der Waals surface area contributed by atoms with Gasteiger partial charge >= 0.3 is 6.03 Å². The second-order valence-electron chi connectivity index (χ2n) is 6.83.